The zero-order valence-electron chi connectivity index (χ0n) is 14.8. The van der Waals surface area contributed by atoms with E-state index in [-0.39, 0.29) is 45.9 Å². The molecule has 1 aliphatic heterocycles. The van der Waals surface area contributed by atoms with Crippen LogP contribution in [0.3, 0.4) is 0 Å². The molecule has 0 aliphatic carbocycles. The smallest absolute Gasteiger partial charge is 0.326 e. The molecule has 26 heavy (non-hydrogen) atoms. The molecule has 2 rings (SSSR count). The third-order valence-corrected chi connectivity index (χ3v) is 4.46. The third kappa shape index (κ3) is 7.34. The lowest BCUT2D eigenvalue weighted by atomic mass is 10.1. The first-order valence-electron chi connectivity index (χ1n) is 8.64. The zero-order valence-corrected chi connectivity index (χ0v) is 18.2. The quantitative estimate of drug-likeness (QED) is 0.458. The van der Waals surface area contributed by atoms with E-state index in [0.717, 1.165) is 24.8 Å². The molecule has 6 nitrogen and oxygen atoms in total. The van der Waals surface area contributed by atoms with Gasteiger partial charge in [-0.3, -0.25) is 4.79 Å². The Bertz CT molecular complexity index is 546. The highest BCUT2D eigenvalue weighted by Gasteiger charge is 2.36. The normalized spacial score (nSPS) is 17.1. The fraction of sp³-hybridized carbons (Fsp3) is 0.556. The summed E-state index contributed by atoms with van der Waals surface area (Å²) in [6, 6.07) is 8.83. The largest absolute Gasteiger partial charge is 0.480 e. The molecule has 148 valence electrons. The third-order valence-electron chi connectivity index (χ3n) is 4.46. The maximum atomic E-state index is 12.8. The van der Waals surface area contributed by atoms with Gasteiger partial charge in [0.1, 0.15) is 6.04 Å². The number of nitrogens with two attached hydrogens (primary N) is 1. The van der Waals surface area contributed by atoms with E-state index in [9.17, 15) is 14.7 Å². The molecule has 1 aromatic rings. The van der Waals surface area contributed by atoms with Crippen LogP contribution in [0.1, 0.15) is 37.7 Å². The number of carbonyl (C=O) groups excluding carboxylic acids is 1. The van der Waals surface area contributed by atoms with E-state index >= 15 is 0 Å². The number of nitrogens with zero attached hydrogens (tertiary/aromatic N) is 1. The van der Waals surface area contributed by atoms with Crippen molar-refractivity contribution in [1.82, 2.24) is 10.2 Å². The predicted molar refractivity (Wildman–Crippen MR) is 113 cm³/mol. The number of carboxylic acid groups (broad SMARTS) is 1. The summed E-state index contributed by atoms with van der Waals surface area (Å²) < 4.78 is 0. The molecule has 4 N–H and O–H groups in total. The van der Waals surface area contributed by atoms with Gasteiger partial charge in [-0.25, -0.2) is 4.79 Å². The predicted octanol–water partition coefficient (Wildman–Crippen LogP) is 2.51. The van der Waals surface area contributed by atoms with Crippen molar-refractivity contribution in [2.24, 2.45) is 5.73 Å². The van der Waals surface area contributed by atoms with E-state index in [1.165, 1.54) is 4.90 Å². The molecule has 1 amide bonds. The number of carbonyl (C=O) groups is 2. The number of benzene rings is 1. The van der Waals surface area contributed by atoms with Crippen molar-refractivity contribution < 1.29 is 14.7 Å². The Kier molecular flexibility index (Phi) is 12.8. The molecule has 1 heterocycles. The van der Waals surface area contributed by atoms with Crippen molar-refractivity contribution >= 4 is 45.8 Å². The van der Waals surface area contributed by atoms with Crippen LogP contribution in [0.15, 0.2) is 30.3 Å². The van der Waals surface area contributed by atoms with E-state index in [0.29, 0.717) is 32.5 Å². The monoisotopic (exact) mass is 493 g/mol. The van der Waals surface area contributed by atoms with Gasteiger partial charge in [0.05, 0.1) is 6.04 Å². The van der Waals surface area contributed by atoms with E-state index in [1.807, 2.05) is 30.3 Å². The molecule has 0 spiro atoms. The van der Waals surface area contributed by atoms with Crippen molar-refractivity contribution in [2.75, 3.05) is 13.1 Å². The Morgan fingerprint density at radius 2 is 1.92 bits per heavy atom. The van der Waals surface area contributed by atoms with E-state index < -0.39 is 12.0 Å². The van der Waals surface area contributed by atoms with Crippen molar-refractivity contribution in [3.05, 3.63) is 35.9 Å². The van der Waals surface area contributed by atoms with Gasteiger partial charge in [-0.2, -0.15) is 0 Å². The number of likely N-dealkylation sites (tertiary alicyclic amines) is 1. The summed E-state index contributed by atoms with van der Waals surface area (Å²) >= 11 is 0. The second kappa shape index (κ2) is 13.2. The van der Waals surface area contributed by atoms with Crippen LogP contribution in [-0.2, 0) is 16.1 Å². The van der Waals surface area contributed by atoms with Gasteiger partial charge < -0.3 is 21.1 Å². The number of unbranched alkanes of at least 4 members (excludes halogenated alkanes) is 1. The highest BCUT2D eigenvalue weighted by atomic mass is 79.9. The van der Waals surface area contributed by atoms with Gasteiger partial charge >= 0.3 is 5.97 Å². The Morgan fingerprint density at radius 3 is 2.54 bits per heavy atom. The molecule has 1 aromatic carbocycles. The van der Waals surface area contributed by atoms with Gasteiger partial charge in [0.25, 0.3) is 0 Å². The second-order valence-electron chi connectivity index (χ2n) is 6.23. The van der Waals surface area contributed by atoms with Gasteiger partial charge in [-0.15, -0.1) is 34.0 Å². The van der Waals surface area contributed by atoms with Crippen LogP contribution in [0.5, 0.6) is 0 Å². The molecular formula is C18H29Br2N3O3. The second-order valence-corrected chi connectivity index (χ2v) is 6.23. The van der Waals surface area contributed by atoms with Gasteiger partial charge in [-0.05, 0) is 37.8 Å². The first-order valence-corrected chi connectivity index (χ1v) is 8.64. The Balaban J connectivity index is 0.00000312. The minimum Gasteiger partial charge on any atom is -0.480 e. The molecule has 0 unspecified atom stereocenters. The van der Waals surface area contributed by atoms with Gasteiger partial charge in [0.2, 0.25) is 5.91 Å². The van der Waals surface area contributed by atoms with E-state index in [1.54, 1.807) is 0 Å². The van der Waals surface area contributed by atoms with Crippen molar-refractivity contribution in [3.8, 4) is 0 Å². The van der Waals surface area contributed by atoms with Crippen LogP contribution in [-0.4, -0.2) is 47.1 Å². The number of hydrogen-bond donors (Lipinski definition) is 3. The molecule has 0 aromatic heterocycles. The standard InChI is InChI=1S/C18H27N3O3.2BrH/c19-11-5-4-9-15(20-13-14-7-2-1-3-8-14)17(22)21-12-6-10-16(21)18(23)24;;/h1-3,7-8,15-16,20H,4-6,9-13,19H2,(H,23,24);2*1H/t15-,16-;;/m0../s1. The van der Waals surface area contributed by atoms with Crippen LogP contribution in [0.2, 0.25) is 0 Å². The fourth-order valence-corrected chi connectivity index (χ4v) is 3.13. The number of aliphatic carboxylic acids is 1. The van der Waals surface area contributed by atoms with Crippen LogP contribution in [0, 0.1) is 0 Å². The molecule has 1 fully saturated rings. The summed E-state index contributed by atoms with van der Waals surface area (Å²) in [5.74, 6) is -1.02. The summed E-state index contributed by atoms with van der Waals surface area (Å²) in [7, 11) is 0. The number of rotatable bonds is 9. The fourth-order valence-electron chi connectivity index (χ4n) is 3.13. The lowest BCUT2D eigenvalue weighted by Crippen LogP contribution is -2.50. The number of amides is 1. The highest BCUT2D eigenvalue weighted by Crippen LogP contribution is 2.20. The minimum atomic E-state index is -0.912. The van der Waals surface area contributed by atoms with Gasteiger partial charge in [0.15, 0.2) is 0 Å². The minimum absolute atomic E-state index is 0. The number of halogens is 2. The number of carboxylic acids is 1. The topological polar surface area (TPSA) is 95.7 Å². The Hall–Kier alpha value is -0.960. The lowest BCUT2D eigenvalue weighted by molar-refractivity contribution is -0.149. The molecule has 0 saturated carbocycles. The van der Waals surface area contributed by atoms with E-state index in [4.69, 9.17) is 5.73 Å². The van der Waals surface area contributed by atoms with Gasteiger partial charge in [0, 0.05) is 13.1 Å². The number of hydrogen-bond acceptors (Lipinski definition) is 4. The summed E-state index contributed by atoms with van der Waals surface area (Å²) in [5.41, 5.74) is 6.65. The molecule has 2 atom stereocenters. The first-order chi connectivity index (χ1) is 11.6. The van der Waals surface area contributed by atoms with Crippen LogP contribution >= 0.6 is 34.0 Å². The maximum Gasteiger partial charge on any atom is 0.326 e. The van der Waals surface area contributed by atoms with E-state index in [2.05, 4.69) is 5.32 Å². The molecule has 1 saturated heterocycles. The Labute approximate surface area is 176 Å². The average Bonchev–Trinajstić information content (AvgIpc) is 3.08. The first kappa shape index (κ1) is 25.0. The SMILES string of the molecule is Br.Br.NCCCC[C@H](NCc1ccccc1)C(=O)N1CCC[C@H]1C(=O)O. The van der Waals surface area contributed by atoms with Crippen molar-refractivity contribution in [1.29, 1.82) is 0 Å². The maximum absolute atomic E-state index is 12.8. The summed E-state index contributed by atoms with van der Waals surface area (Å²) in [5, 5.41) is 12.6. The lowest BCUT2D eigenvalue weighted by Gasteiger charge is -2.27. The summed E-state index contributed by atoms with van der Waals surface area (Å²) in [4.78, 5) is 25.7. The summed E-state index contributed by atoms with van der Waals surface area (Å²) in [6.45, 7) is 1.71. The summed E-state index contributed by atoms with van der Waals surface area (Å²) in [6.07, 6.45) is 3.66. The van der Waals surface area contributed by atoms with Crippen molar-refractivity contribution in [3.63, 3.8) is 0 Å². The van der Waals surface area contributed by atoms with Crippen LogP contribution < -0.4 is 11.1 Å². The molecule has 1 aliphatic rings. The van der Waals surface area contributed by atoms with Crippen molar-refractivity contribution in [2.45, 2.75) is 50.7 Å². The molecule has 8 heteroatoms. The molecule has 0 bridgehead atoms. The molecular weight excluding hydrogens is 466 g/mol. The average molecular weight is 495 g/mol. The van der Waals surface area contributed by atoms with Gasteiger partial charge in [-0.1, -0.05) is 36.8 Å². The Morgan fingerprint density at radius 1 is 1.23 bits per heavy atom. The highest BCUT2D eigenvalue weighted by molar-refractivity contribution is 8.93. The van der Waals surface area contributed by atoms with Crippen LogP contribution in [0.4, 0.5) is 0 Å². The van der Waals surface area contributed by atoms with Crippen LogP contribution in [0.25, 0.3) is 0 Å². The molecule has 0 radical (unpaired) electrons. The zero-order chi connectivity index (χ0) is 17.4. The number of nitrogens with one attached hydrogen (secondary N) is 1.